The number of ether oxygens (including phenoxy) is 1. The SMILES string of the molecule is COc1cnc(CC(C)C)nc1NN. The van der Waals surface area contributed by atoms with E-state index in [1.807, 2.05) is 0 Å². The van der Waals surface area contributed by atoms with Crippen LogP contribution in [0.3, 0.4) is 0 Å². The standard InChI is InChI=1S/C9H16N4O/c1-6(2)4-8-11-5-7(14-3)9(12-8)13-10/h5-6H,4,10H2,1-3H3,(H,11,12,13). The predicted octanol–water partition coefficient (Wildman–Crippen LogP) is 0.969. The van der Waals surface area contributed by atoms with Gasteiger partial charge in [0.25, 0.3) is 0 Å². The van der Waals surface area contributed by atoms with E-state index in [4.69, 9.17) is 10.6 Å². The van der Waals surface area contributed by atoms with Gasteiger partial charge in [-0.2, -0.15) is 0 Å². The van der Waals surface area contributed by atoms with Crippen molar-refractivity contribution in [2.24, 2.45) is 11.8 Å². The summed E-state index contributed by atoms with van der Waals surface area (Å²) in [4.78, 5) is 8.40. The third-order valence-corrected chi connectivity index (χ3v) is 1.75. The highest BCUT2D eigenvalue weighted by Gasteiger charge is 2.07. The number of hydrogen-bond donors (Lipinski definition) is 2. The highest BCUT2D eigenvalue weighted by atomic mass is 16.5. The van der Waals surface area contributed by atoms with Crippen LogP contribution in [0.1, 0.15) is 19.7 Å². The zero-order chi connectivity index (χ0) is 10.6. The largest absolute Gasteiger partial charge is 0.491 e. The molecule has 3 N–H and O–H groups in total. The number of nitrogens with zero attached hydrogens (tertiary/aromatic N) is 2. The Morgan fingerprint density at radius 2 is 2.29 bits per heavy atom. The number of rotatable bonds is 4. The number of aromatic nitrogens is 2. The van der Waals surface area contributed by atoms with Crippen molar-refractivity contribution < 1.29 is 4.74 Å². The van der Waals surface area contributed by atoms with Crippen molar-refractivity contribution in [3.63, 3.8) is 0 Å². The first-order valence-corrected chi connectivity index (χ1v) is 4.54. The minimum Gasteiger partial charge on any atom is -0.491 e. The molecule has 0 atom stereocenters. The highest BCUT2D eigenvalue weighted by molar-refractivity contribution is 5.47. The number of nitrogens with two attached hydrogens (primary N) is 1. The molecule has 0 radical (unpaired) electrons. The van der Waals surface area contributed by atoms with Crippen LogP contribution < -0.4 is 16.0 Å². The summed E-state index contributed by atoms with van der Waals surface area (Å²) in [5, 5.41) is 0. The van der Waals surface area contributed by atoms with Crippen molar-refractivity contribution in [1.29, 1.82) is 0 Å². The fraction of sp³-hybridized carbons (Fsp3) is 0.556. The Bertz CT molecular complexity index is 301. The number of nitrogen functional groups attached to an aromatic ring is 1. The van der Waals surface area contributed by atoms with Crippen LogP contribution in [0.5, 0.6) is 5.75 Å². The van der Waals surface area contributed by atoms with Gasteiger partial charge in [-0.25, -0.2) is 15.8 Å². The first-order chi connectivity index (χ1) is 6.67. The lowest BCUT2D eigenvalue weighted by Crippen LogP contribution is -2.12. The van der Waals surface area contributed by atoms with E-state index in [-0.39, 0.29) is 0 Å². The minimum atomic E-state index is 0.522. The molecule has 14 heavy (non-hydrogen) atoms. The molecule has 0 fully saturated rings. The zero-order valence-electron chi connectivity index (χ0n) is 8.74. The number of hydrogen-bond acceptors (Lipinski definition) is 5. The maximum atomic E-state index is 5.31. The van der Waals surface area contributed by atoms with Crippen LogP contribution in [0.25, 0.3) is 0 Å². The Morgan fingerprint density at radius 3 is 2.79 bits per heavy atom. The number of anilines is 1. The molecule has 0 unspecified atom stereocenters. The predicted molar refractivity (Wildman–Crippen MR) is 54.9 cm³/mol. The lowest BCUT2D eigenvalue weighted by molar-refractivity contribution is 0.411. The van der Waals surface area contributed by atoms with Gasteiger partial charge in [0.2, 0.25) is 0 Å². The molecular weight excluding hydrogens is 180 g/mol. The molecule has 1 aromatic heterocycles. The molecule has 0 saturated heterocycles. The quantitative estimate of drug-likeness (QED) is 0.554. The highest BCUT2D eigenvalue weighted by Crippen LogP contribution is 2.19. The van der Waals surface area contributed by atoms with Gasteiger partial charge in [-0.05, 0) is 5.92 Å². The number of hydrazine groups is 1. The van der Waals surface area contributed by atoms with E-state index in [1.54, 1.807) is 13.3 Å². The van der Waals surface area contributed by atoms with Gasteiger partial charge in [-0.15, -0.1) is 0 Å². The molecule has 78 valence electrons. The Labute approximate surface area is 83.7 Å². The average Bonchev–Trinajstić information content (AvgIpc) is 2.16. The molecule has 0 aliphatic carbocycles. The molecule has 0 aliphatic heterocycles. The summed E-state index contributed by atoms with van der Waals surface area (Å²) in [6.45, 7) is 4.23. The van der Waals surface area contributed by atoms with E-state index in [2.05, 4.69) is 29.2 Å². The van der Waals surface area contributed by atoms with E-state index in [1.165, 1.54) is 0 Å². The van der Waals surface area contributed by atoms with E-state index >= 15 is 0 Å². The van der Waals surface area contributed by atoms with Crippen molar-refractivity contribution in [3.8, 4) is 5.75 Å². The third-order valence-electron chi connectivity index (χ3n) is 1.75. The molecule has 1 aromatic rings. The summed E-state index contributed by atoms with van der Waals surface area (Å²) in [5.74, 6) is 7.68. The topological polar surface area (TPSA) is 73.1 Å². The van der Waals surface area contributed by atoms with Crippen molar-refractivity contribution in [2.75, 3.05) is 12.5 Å². The van der Waals surface area contributed by atoms with Crippen LogP contribution in [0.4, 0.5) is 5.82 Å². The van der Waals surface area contributed by atoms with Crippen LogP contribution in [-0.4, -0.2) is 17.1 Å². The molecule has 5 heteroatoms. The molecule has 0 saturated carbocycles. The zero-order valence-corrected chi connectivity index (χ0v) is 8.74. The molecule has 1 rings (SSSR count). The average molecular weight is 196 g/mol. The maximum absolute atomic E-state index is 5.31. The van der Waals surface area contributed by atoms with Crippen molar-refractivity contribution in [3.05, 3.63) is 12.0 Å². The second-order valence-corrected chi connectivity index (χ2v) is 3.45. The Balaban J connectivity index is 2.89. The lowest BCUT2D eigenvalue weighted by atomic mass is 10.1. The van der Waals surface area contributed by atoms with E-state index in [9.17, 15) is 0 Å². The van der Waals surface area contributed by atoms with E-state index in [0.29, 0.717) is 17.5 Å². The molecule has 0 aromatic carbocycles. The normalized spacial score (nSPS) is 10.4. The third kappa shape index (κ3) is 2.56. The van der Waals surface area contributed by atoms with Gasteiger partial charge in [0.15, 0.2) is 11.6 Å². The second-order valence-electron chi connectivity index (χ2n) is 3.45. The van der Waals surface area contributed by atoms with Crippen LogP contribution in [-0.2, 0) is 6.42 Å². The Kier molecular flexibility index (Phi) is 3.64. The summed E-state index contributed by atoms with van der Waals surface area (Å²) in [6.07, 6.45) is 2.46. The molecular formula is C9H16N4O. The van der Waals surface area contributed by atoms with Crippen LogP contribution in [0.15, 0.2) is 6.20 Å². The molecule has 0 aliphatic rings. The monoisotopic (exact) mass is 196 g/mol. The smallest absolute Gasteiger partial charge is 0.186 e. The summed E-state index contributed by atoms with van der Waals surface area (Å²) >= 11 is 0. The van der Waals surface area contributed by atoms with Crippen LogP contribution in [0.2, 0.25) is 0 Å². The molecule has 1 heterocycles. The van der Waals surface area contributed by atoms with Crippen molar-refractivity contribution >= 4 is 5.82 Å². The Hall–Kier alpha value is -1.36. The van der Waals surface area contributed by atoms with Crippen LogP contribution in [0, 0.1) is 5.92 Å². The van der Waals surface area contributed by atoms with Gasteiger partial charge in [-0.1, -0.05) is 13.8 Å². The summed E-state index contributed by atoms with van der Waals surface area (Å²) in [5.41, 5.74) is 2.48. The summed E-state index contributed by atoms with van der Waals surface area (Å²) in [7, 11) is 1.56. The van der Waals surface area contributed by atoms with Crippen molar-refractivity contribution in [1.82, 2.24) is 9.97 Å². The van der Waals surface area contributed by atoms with Gasteiger partial charge in [0, 0.05) is 6.42 Å². The summed E-state index contributed by atoms with van der Waals surface area (Å²) in [6, 6.07) is 0. The molecule has 0 spiro atoms. The maximum Gasteiger partial charge on any atom is 0.186 e. The van der Waals surface area contributed by atoms with Gasteiger partial charge in [-0.3, -0.25) is 0 Å². The molecule has 0 bridgehead atoms. The van der Waals surface area contributed by atoms with Gasteiger partial charge in [0.05, 0.1) is 13.3 Å². The number of methoxy groups -OCH3 is 1. The van der Waals surface area contributed by atoms with E-state index in [0.717, 1.165) is 12.2 Å². The lowest BCUT2D eigenvalue weighted by Gasteiger charge is -2.08. The number of nitrogens with one attached hydrogen (secondary N) is 1. The van der Waals surface area contributed by atoms with Crippen LogP contribution >= 0.6 is 0 Å². The molecule has 5 nitrogen and oxygen atoms in total. The fourth-order valence-electron chi connectivity index (χ4n) is 1.12. The minimum absolute atomic E-state index is 0.522. The Morgan fingerprint density at radius 1 is 1.57 bits per heavy atom. The first kappa shape index (κ1) is 10.7. The second kappa shape index (κ2) is 4.76. The van der Waals surface area contributed by atoms with Gasteiger partial charge < -0.3 is 10.2 Å². The van der Waals surface area contributed by atoms with Crippen molar-refractivity contribution in [2.45, 2.75) is 20.3 Å². The first-order valence-electron chi connectivity index (χ1n) is 4.54. The van der Waals surface area contributed by atoms with E-state index < -0.39 is 0 Å². The fourth-order valence-corrected chi connectivity index (χ4v) is 1.12. The summed E-state index contributed by atoms with van der Waals surface area (Å²) < 4.78 is 5.03. The molecule has 0 amide bonds. The van der Waals surface area contributed by atoms with Gasteiger partial charge >= 0.3 is 0 Å². The van der Waals surface area contributed by atoms with Gasteiger partial charge in [0.1, 0.15) is 5.82 Å².